The largest absolute Gasteiger partial charge is 0.416 e. The third-order valence-electron chi connectivity index (χ3n) is 3.76. The van der Waals surface area contributed by atoms with Crippen molar-refractivity contribution in [3.8, 4) is 6.07 Å². The number of anilines is 3. The van der Waals surface area contributed by atoms with Crippen LogP contribution in [-0.4, -0.2) is 28.0 Å². The summed E-state index contributed by atoms with van der Waals surface area (Å²) in [5, 5.41) is 12.5. The van der Waals surface area contributed by atoms with Crippen LogP contribution in [0.5, 0.6) is 0 Å². The zero-order valence-corrected chi connectivity index (χ0v) is 15.8. The van der Waals surface area contributed by atoms with Crippen molar-refractivity contribution in [1.29, 1.82) is 5.26 Å². The smallest absolute Gasteiger partial charge is 0.399 e. The minimum absolute atomic E-state index is 0.0730. The van der Waals surface area contributed by atoms with Crippen LogP contribution in [0.2, 0.25) is 0 Å². The molecule has 0 amide bonds. The summed E-state index contributed by atoms with van der Waals surface area (Å²) >= 11 is 1.19. The summed E-state index contributed by atoms with van der Waals surface area (Å²) in [5.74, 6) is -0.398. The molecule has 0 saturated carbocycles. The van der Waals surface area contributed by atoms with Gasteiger partial charge in [-0.05, 0) is 36.9 Å². The number of Topliss-reactive ketones (excluding diaryl/α,β-unsaturated/α-hetero) is 1. The molecule has 1 heterocycles. The SMILES string of the molecule is CSc1nc(N)nc(N[C@@H](C)C(=O)Cc2cc(N)cc(C(F)(F)F)c2)c1C#N. The predicted molar refractivity (Wildman–Crippen MR) is 101 cm³/mol. The van der Waals surface area contributed by atoms with E-state index in [1.165, 1.54) is 24.8 Å². The molecule has 1 aromatic carbocycles. The number of benzene rings is 1. The van der Waals surface area contributed by atoms with Crippen LogP contribution in [0.25, 0.3) is 0 Å². The molecule has 0 radical (unpaired) electrons. The molecule has 2 rings (SSSR count). The molecule has 0 unspecified atom stereocenters. The summed E-state index contributed by atoms with van der Waals surface area (Å²) in [5.41, 5.74) is 10.4. The average Bonchev–Trinajstić information content (AvgIpc) is 2.59. The maximum absolute atomic E-state index is 12.9. The van der Waals surface area contributed by atoms with Gasteiger partial charge in [-0.1, -0.05) is 0 Å². The van der Waals surface area contributed by atoms with E-state index >= 15 is 0 Å². The molecule has 1 aromatic heterocycles. The van der Waals surface area contributed by atoms with E-state index in [0.29, 0.717) is 5.03 Å². The zero-order chi connectivity index (χ0) is 21.1. The Bertz CT molecular complexity index is 942. The minimum Gasteiger partial charge on any atom is -0.399 e. The third kappa shape index (κ3) is 5.04. The normalized spacial score (nSPS) is 12.3. The molecule has 0 aliphatic heterocycles. The van der Waals surface area contributed by atoms with Gasteiger partial charge in [-0.25, -0.2) is 4.98 Å². The highest BCUT2D eigenvalue weighted by atomic mass is 32.2. The van der Waals surface area contributed by atoms with Gasteiger partial charge in [0.25, 0.3) is 0 Å². The maximum atomic E-state index is 12.9. The Morgan fingerprint density at radius 2 is 2.00 bits per heavy atom. The standard InChI is InChI=1S/C17H17F3N6OS/c1-8(24-14-12(7-21)15(28-2)26-16(23)25-14)13(27)5-9-3-10(17(18,19)20)6-11(22)4-9/h3-4,6,8H,5,22H2,1-2H3,(H3,23,24,25,26)/t8-/m0/s1. The lowest BCUT2D eigenvalue weighted by Gasteiger charge is -2.16. The van der Waals surface area contributed by atoms with Crippen molar-refractivity contribution in [3.63, 3.8) is 0 Å². The number of ketones is 1. The van der Waals surface area contributed by atoms with Crippen molar-refractivity contribution in [2.75, 3.05) is 23.0 Å². The molecule has 1 atom stereocenters. The Kier molecular flexibility index (Phi) is 6.35. The van der Waals surface area contributed by atoms with Crippen LogP contribution < -0.4 is 16.8 Å². The van der Waals surface area contributed by atoms with Crippen molar-refractivity contribution in [3.05, 3.63) is 34.9 Å². The lowest BCUT2D eigenvalue weighted by molar-refractivity contribution is -0.137. The van der Waals surface area contributed by atoms with Crippen LogP contribution in [0.3, 0.4) is 0 Å². The molecule has 0 aliphatic carbocycles. The number of carbonyl (C=O) groups excluding carboxylic acids is 1. The summed E-state index contributed by atoms with van der Waals surface area (Å²) in [6.45, 7) is 1.51. The molecule has 148 valence electrons. The van der Waals surface area contributed by atoms with Crippen LogP contribution >= 0.6 is 11.8 Å². The lowest BCUT2D eigenvalue weighted by Crippen LogP contribution is -2.29. The fraction of sp³-hybridized carbons (Fsp3) is 0.294. The fourth-order valence-electron chi connectivity index (χ4n) is 2.43. The summed E-state index contributed by atoms with van der Waals surface area (Å²) < 4.78 is 38.7. The van der Waals surface area contributed by atoms with Crippen molar-refractivity contribution < 1.29 is 18.0 Å². The number of aromatic nitrogens is 2. The topological polar surface area (TPSA) is 131 Å². The number of nitrogen functional groups attached to an aromatic ring is 2. The number of nitrogens with two attached hydrogens (primary N) is 2. The first kappa shape index (κ1) is 21.3. The molecular formula is C17H17F3N6OS. The van der Waals surface area contributed by atoms with E-state index < -0.39 is 23.6 Å². The summed E-state index contributed by atoms with van der Waals surface area (Å²) in [4.78, 5) is 20.4. The Hall–Kier alpha value is -3.00. The summed E-state index contributed by atoms with van der Waals surface area (Å²) in [6, 6.07) is 4.12. The van der Waals surface area contributed by atoms with Gasteiger partial charge in [0.1, 0.15) is 16.7 Å². The van der Waals surface area contributed by atoms with Crippen LogP contribution in [0.1, 0.15) is 23.6 Å². The van der Waals surface area contributed by atoms with E-state index in [-0.39, 0.29) is 35.0 Å². The van der Waals surface area contributed by atoms with Crippen molar-refractivity contribution >= 4 is 35.0 Å². The highest BCUT2D eigenvalue weighted by molar-refractivity contribution is 7.98. The fourth-order valence-corrected chi connectivity index (χ4v) is 2.96. The minimum atomic E-state index is -4.56. The Morgan fingerprint density at radius 3 is 2.57 bits per heavy atom. The molecule has 2 aromatic rings. The van der Waals surface area contributed by atoms with E-state index in [1.54, 1.807) is 6.26 Å². The molecule has 0 spiro atoms. The quantitative estimate of drug-likeness (QED) is 0.376. The highest BCUT2D eigenvalue weighted by Gasteiger charge is 2.31. The second-order valence-electron chi connectivity index (χ2n) is 5.90. The zero-order valence-electron chi connectivity index (χ0n) is 15.0. The van der Waals surface area contributed by atoms with Gasteiger partial charge in [-0.15, -0.1) is 11.8 Å². The van der Waals surface area contributed by atoms with E-state index in [9.17, 15) is 23.2 Å². The summed E-state index contributed by atoms with van der Waals surface area (Å²) in [6.07, 6.45) is -3.13. The summed E-state index contributed by atoms with van der Waals surface area (Å²) in [7, 11) is 0. The monoisotopic (exact) mass is 410 g/mol. The van der Waals surface area contributed by atoms with E-state index in [2.05, 4.69) is 15.3 Å². The van der Waals surface area contributed by atoms with Crippen LogP contribution in [0, 0.1) is 11.3 Å². The van der Waals surface area contributed by atoms with Crippen molar-refractivity contribution in [2.45, 2.75) is 30.6 Å². The second kappa shape index (κ2) is 8.35. The number of thioether (sulfide) groups is 1. The van der Waals surface area contributed by atoms with Gasteiger partial charge in [-0.2, -0.15) is 23.4 Å². The van der Waals surface area contributed by atoms with Gasteiger partial charge >= 0.3 is 6.18 Å². The van der Waals surface area contributed by atoms with Gasteiger partial charge in [0.15, 0.2) is 11.6 Å². The van der Waals surface area contributed by atoms with Gasteiger partial charge in [0, 0.05) is 12.1 Å². The van der Waals surface area contributed by atoms with E-state index in [1.807, 2.05) is 6.07 Å². The van der Waals surface area contributed by atoms with Gasteiger partial charge in [-0.3, -0.25) is 4.79 Å². The molecule has 7 nitrogen and oxygen atoms in total. The Balaban J connectivity index is 2.22. The van der Waals surface area contributed by atoms with Gasteiger partial charge < -0.3 is 16.8 Å². The number of rotatable bonds is 6. The first-order valence-electron chi connectivity index (χ1n) is 7.92. The molecular weight excluding hydrogens is 393 g/mol. The number of hydrogen-bond donors (Lipinski definition) is 3. The number of nitriles is 1. The Morgan fingerprint density at radius 1 is 1.32 bits per heavy atom. The first-order chi connectivity index (χ1) is 13.0. The van der Waals surface area contributed by atoms with Gasteiger partial charge in [0.05, 0.1) is 11.6 Å². The molecule has 11 heteroatoms. The average molecular weight is 410 g/mol. The maximum Gasteiger partial charge on any atom is 0.416 e. The lowest BCUT2D eigenvalue weighted by atomic mass is 10.0. The molecule has 5 N–H and O–H groups in total. The van der Waals surface area contributed by atoms with Crippen LogP contribution in [0.15, 0.2) is 23.2 Å². The number of nitrogens with one attached hydrogen (secondary N) is 1. The molecule has 0 aliphatic rings. The number of alkyl halides is 3. The van der Waals surface area contributed by atoms with Crippen molar-refractivity contribution in [2.24, 2.45) is 0 Å². The number of nitrogens with zero attached hydrogens (tertiary/aromatic N) is 3. The number of halogens is 3. The van der Waals surface area contributed by atoms with Crippen LogP contribution in [0.4, 0.5) is 30.6 Å². The molecule has 0 bridgehead atoms. The van der Waals surface area contributed by atoms with Crippen LogP contribution in [-0.2, 0) is 17.4 Å². The molecule has 0 fully saturated rings. The predicted octanol–water partition coefficient (Wildman–Crippen LogP) is 2.87. The first-order valence-corrected chi connectivity index (χ1v) is 9.15. The second-order valence-corrected chi connectivity index (χ2v) is 6.69. The molecule has 28 heavy (non-hydrogen) atoms. The van der Waals surface area contributed by atoms with E-state index in [0.717, 1.165) is 12.1 Å². The molecule has 0 saturated heterocycles. The number of carbonyl (C=O) groups is 1. The highest BCUT2D eigenvalue weighted by Crippen LogP contribution is 2.31. The van der Waals surface area contributed by atoms with Crippen molar-refractivity contribution in [1.82, 2.24) is 9.97 Å². The van der Waals surface area contributed by atoms with E-state index in [4.69, 9.17) is 11.5 Å². The number of hydrogen-bond acceptors (Lipinski definition) is 8. The third-order valence-corrected chi connectivity index (χ3v) is 4.44. The van der Waals surface area contributed by atoms with Gasteiger partial charge in [0.2, 0.25) is 5.95 Å². The Labute approximate surface area is 163 Å².